The van der Waals surface area contributed by atoms with Crippen LogP contribution in [0.4, 0.5) is 0 Å². The van der Waals surface area contributed by atoms with Crippen molar-refractivity contribution in [3.8, 4) is 17.3 Å². The monoisotopic (exact) mass is 463 g/mol. The van der Waals surface area contributed by atoms with Crippen molar-refractivity contribution in [1.29, 1.82) is 0 Å². The van der Waals surface area contributed by atoms with Crippen molar-refractivity contribution >= 4 is 0 Å². The van der Waals surface area contributed by atoms with Gasteiger partial charge in [-0.1, -0.05) is 43.3 Å². The molecule has 0 saturated carbocycles. The Bertz CT molecular complexity index is 1050. The van der Waals surface area contributed by atoms with Crippen molar-refractivity contribution < 1.29 is 14.6 Å². The van der Waals surface area contributed by atoms with Gasteiger partial charge in [-0.25, -0.2) is 4.68 Å². The lowest BCUT2D eigenvalue weighted by Crippen LogP contribution is -2.40. The van der Waals surface area contributed by atoms with E-state index in [0.29, 0.717) is 25.6 Å². The fourth-order valence-corrected chi connectivity index (χ4v) is 3.83. The van der Waals surface area contributed by atoms with E-state index in [-0.39, 0.29) is 12.6 Å². The van der Waals surface area contributed by atoms with Gasteiger partial charge in [0.25, 0.3) is 0 Å². The highest BCUT2D eigenvalue weighted by Gasteiger charge is 2.24. The van der Waals surface area contributed by atoms with Gasteiger partial charge in [0.15, 0.2) is 0 Å². The molecule has 6 nitrogen and oxygen atoms in total. The summed E-state index contributed by atoms with van der Waals surface area (Å²) in [5.74, 6) is 1.46. The van der Waals surface area contributed by atoms with Gasteiger partial charge < -0.3 is 14.6 Å². The van der Waals surface area contributed by atoms with Crippen molar-refractivity contribution in [1.82, 2.24) is 14.7 Å². The number of ether oxygens (including phenoxy) is 2. The molecule has 3 aromatic rings. The molecule has 0 aliphatic carbocycles. The number of aromatic nitrogens is 2. The third-order valence-corrected chi connectivity index (χ3v) is 5.91. The summed E-state index contributed by atoms with van der Waals surface area (Å²) in [6.45, 7) is 13.8. The molecule has 1 heterocycles. The number of aliphatic hydroxyl groups is 1. The fraction of sp³-hybridized carbons (Fsp3) is 0.393. The number of hydrogen-bond donors (Lipinski definition) is 1. The summed E-state index contributed by atoms with van der Waals surface area (Å²) in [7, 11) is 0. The van der Waals surface area contributed by atoms with E-state index >= 15 is 0 Å². The second-order valence-corrected chi connectivity index (χ2v) is 8.70. The Morgan fingerprint density at radius 2 is 1.91 bits per heavy atom. The summed E-state index contributed by atoms with van der Waals surface area (Å²) in [5, 5.41) is 15.4. The van der Waals surface area contributed by atoms with Crippen LogP contribution >= 0.6 is 0 Å². The van der Waals surface area contributed by atoms with Crippen molar-refractivity contribution in [2.24, 2.45) is 0 Å². The molecule has 0 fully saturated rings. The van der Waals surface area contributed by atoms with Gasteiger partial charge in [-0.2, -0.15) is 5.10 Å². The number of benzene rings is 2. The van der Waals surface area contributed by atoms with Crippen LogP contribution in [0.25, 0.3) is 5.69 Å². The number of nitrogens with zero attached hydrogens (tertiary/aromatic N) is 3. The predicted molar refractivity (Wildman–Crippen MR) is 137 cm³/mol. The van der Waals surface area contributed by atoms with Crippen LogP contribution in [-0.2, 0) is 11.3 Å². The maximum atomic E-state index is 10.6. The van der Waals surface area contributed by atoms with Gasteiger partial charge in [-0.15, -0.1) is 6.58 Å². The molecule has 0 amide bonds. The topological polar surface area (TPSA) is 59.8 Å². The second-order valence-electron chi connectivity index (χ2n) is 8.70. The summed E-state index contributed by atoms with van der Waals surface area (Å²) in [5.41, 5.74) is 3.97. The molecule has 3 rings (SSSR count). The Kier molecular flexibility index (Phi) is 9.45. The minimum absolute atomic E-state index is 0.264. The third kappa shape index (κ3) is 6.79. The van der Waals surface area contributed by atoms with E-state index in [1.807, 2.05) is 73.1 Å². The smallest absolute Gasteiger partial charge is 0.227 e. The molecular formula is C28H37N3O3. The molecule has 0 aliphatic rings. The molecule has 0 radical (unpaired) electrons. The minimum Gasteiger partial charge on any atom is -0.439 e. The summed E-state index contributed by atoms with van der Waals surface area (Å²) < 4.78 is 13.8. The molecule has 34 heavy (non-hydrogen) atoms. The maximum Gasteiger partial charge on any atom is 0.227 e. The van der Waals surface area contributed by atoms with Crippen LogP contribution in [0.15, 0.2) is 67.3 Å². The lowest BCUT2D eigenvalue weighted by molar-refractivity contribution is 0.0155. The molecule has 2 aromatic carbocycles. The summed E-state index contributed by atoms with van der Waals surface area (Å²) in [6.07, 6.45) is 2.05. The summed E-state index contributed by atoms with van der Waals surface area (Å²) >= 11 is 0. The SMILES string of the molecule is C=CCOC[C@H](O)CN(Cc1c(C)nn(-c2ccccc2)c1Oc1cccc(C)c1)[C@@H](C)CC. The van der Waals surface area contributed by atoms with Crippen LogP contribution in [-0.4, -0.2) is 51.7 Å². The van der Waals surface area contributed by atoms with Gasteiger partial charge in [-0.3, -0.25) is 4.90 Å². The Balaban J connectivity index is 1.96. The molecule has 0 spiro atoms. The number of para-hydroxylation sites is 1. The van der Waals surface area contributed by atoms with Crippen molar-refractivity contribution in [2.75, 3.05) is 19.8 Å². The van der Waals surface area contributed by atoms with Gasteiger partial charge in [0.05, 0.1) is 36.3 Å². The van der Waals surface area contributed by atoms with Gasteiger partial charge >= 0.3 is 0 Å². The van der Waals surface area contributed by atoms with Gasteiger partial charge in [0.1, 0.15) is 5.75 Å². The van der Waals surface area contributed by atoms with Crippen LogP contribution in [0, 0.1) is 13.8 Å². The first-order chi connectivity index (χ1) is 16.4. The van der Waals surface area contributed by atoms with Gasteiger partial charge in [-0.05, 0) is 57.0 Å². The normalized spacial score (nSPS) is 13.1. The first-order valence-electron chi connectivity index (χ1n) is 11.9. The van der Waals surface area contributed by atoms with Crippen LogP contribution < -0.4 is 4.74 Å². The van der Waals surface area contributed by atoms with Crippen LogP contribution in [0.2, 0.25) is 0 Å². The maximum absolute atomic E-state index is 10.6. The molecule has 6 heteroatoms. The average molecular weight is 464 g/mol. The lowest BCUT2D eigenvalue weighted by atomic mass is 10.1. The standard InChI is InChI=1S/C28H37N3O3/c1-6-16-33-20-25(32)18-30(22(4)7-2)19-27-23(5)29-31(24-13-9-8-10-14-24)28(27)34-26-15-11-12-21(3)17-26/h6,8-15,17,22,25,32H,1,7,16,18-20H2,2-5H3/t22-,25+/m0/s1. The van der Waals surface area contributed by atoms with E-state index < -0.39 is 6.10 Å². The Morgan fingerprint density at radius 3 is 2.59 bits per heavy atom. The number of hydrogen-bond acceptors (Lipinski definition) is 5. The van der Waals surface area contributed by atoms with E-state index in [1.54, 1.807) is 6.08 Å². The number of aryl methyl sites for hydroxylation is 2. The zero-order valence-electron chi connectivity index (χ0n) is 20.8. The molecule has 0 saturated heterocycles. The van der Waals surface area contributed by atoms with E-state index in [0.717, 1.165) is 34.7 Å². The third-order valence-electron chi connectivity index (χ3n) is 5.91. The molecule has 0 aliphatic heterocycles. The Morgan fingerprint density at radius 1 is 1.15 bits per heavy atom. The molecular weight excluding hydrogens is 426 g/mol. The fourth-order valence-electron chi connectivity index (χ4n) is 3.83. The highest BCUT2D eigenvalue weighted by atomic mass is 16.5. The molecule has 0 unspecified atom stereocenters. The van der Waals surface area contributed by atoms with E-state index in [1.165, 1.54) is 0 Å². The van der Waals surface area contributed by atoms with Crippen molar-refractivity contribution in [3.63, 3.8) is 0 Å². The minimum atomic E-state index is -0.598. The largest absolute Gasteiger partial charge is 0.439 e. The van der Waals surface area contributed by atoms with Gasteiger partial charge in [0.2, 0.25) is 5.88 Å². The molecule has 0 bridgehead atoms. The molecule has 182 valence electrons. The Hall–Kier alpha value is -2.93. The highest BCUT2D eigenvalue weighted by molar-refractivity contribution is 5.43. The average Bonchev–Trinajstić information content (AvgIpc) is 3.13. The van der Waals surface area contributed by atoms with Gasteiger partial charge in [0, 0.05) is 19.1 Å². The quantitative estimate of drug-likeness (QED) is 0.270. The van der Waals surface area contributed by atoms with E-state index in [4.69, 9.17) is 14.6 Å². The predicted octanol–water partition coefficient (Wildman–Crippen LogP) is 5.45. The van der Waals surface area contributed by atoms with E-state index in [2.05, 4.69) is 25.3 Å². The lowest BCUT2D eigenvalue weighted by Gasteiger charge is -2.30. The Labute approximate surface area is 203 Å². The molecule has 1 N–H and O–H groups in total. The van der Waals surface area contributed by atoms with E-state index in [9.17, 15) is 5.11 Å². The van der Waals surface area contributed by atoms with Crippen molar-refractivity contribution in [3.05, 3.63) is 84.1 Å². The van der Waals surface area contributed by atoms with Crippen LogP contribution in [0.1, 0.15) is 37.1 Å². The summed E-state index contributed by atoms with van der Waals surface area (Å²) in [4.78, 5) is 2.27. The first-order valence-corrected chi connectivity index (χ1v) is 11.9. The number of aliphatic hydroxyl groups excluding tert-OH is 1. The summed E-state index contributed by atoms with van der Waals surface area (Å²) in [6, 6.07) is 18.3. The first kappa shape index (κ1) is 25.7. The zero-order valence-corrected chi connectivity index (χ0v) is 20.8. The zero-order chi connectivity index (χ0) is 24.5. The number of rotatable bonds is 13. The second kappa shape index (κ2) is 12.5. The van der Waals surface area contributed by atoms with Crippen LogP contribution in [0.5, 0.6) is 11.6 Å². The molecule has 2 atom stereocenters. The van der Waals surface area contributed by atoms with Crippen molar-refractivity contribution in [2.45, 2.75) is 52.8 Å². The molecule has 1 aromatic heterocycles. The highest BCUT2D eigenvalue weighted by Crippen LogP contribution is 2.32. The van der Waals surface area contributed by atoms with Crippen LogP contribution in [0.3, 0.4) is 0 Å².